The van der Waals surface area contributed by atoms with Gasteiger partial charge in [0, 0.05) is 44.0 Å². The molecule has 2 fully saturated rings. The van der Waals surface area contributed by atoms with E-state index in [1.165, 1.54) is 12.1 Å². The quantitative estimate of drug-likeness (QED) is 0.516. The van der Waals surface area contributed by atoms with Crippen LogP contribution in [-0.2, 0) is 23.0 Å². The SMILES string of the molecule is Cn1nnnc1-c1cccc(NC(=O)N[C@@H]2CCOC[C@@H]2C(=O)N2CCCC(Cc3ccc(F)cc3)C2)c1. The summed E-state index contributed by atoms with van der Waals surface area (Å²) in [6, 6.07) is 13.1. The fourth-order valence-corrected chi connectivity index (χ4v) is 5.32. The number of aryl methyl sites for hydroxylation is 1. The Bertz CT molecular complexity index is 1270. The maximum atomic E-state index is 13.6. The number of hydrogen-bond donors (Lipinski definition) is 2. The maximum absolute atomic E-state index is 13.6. The Morgan fingerprint density at radius 2 is 2.00 bits per heavy atom. The molecule has 1 unspecified atom stereocenters. The van der Waals surface area contributed by atoms with Gasteiger partial charge in [-0.25, -0.2) is 13.9 Å². The molecule has 2 aliphatic heterocycles. The summed E-state index contributed by atoms with van der Waals surface area (Å²) in [6.07, 6.45) is 3.30. The number of halogens is 1. The first kappa shape index (κ1) is 25.8. The largest absolute Gasteiger partial charge is 0.380 e. The number of ether oxygens (including phenoxy) is 1. The standard InChI is InChI=1S/C27H32FN7O3/c1-34-25(31-32-33-34)20-5-2-6-22(15-20)29-27(37)30-24-11-13-38-17-23(24)26(36)35-12-3-4-19(16-35)14-18-7-9-21(28)10-8-18/h2,5-10,15,19,23-24H,3-4,11-14,16-17H2,1H3,(H2,29,30,37)/t19?,23-,24+/m0/s1. The minimum Gasteiger partial charge on any atom is -0.380 e. The van der Waals surface area contributed by atoms with E-state index < -0.39 is 5.92 Å². The number of anilines is 1. The van der Waals surface area contributed by atoms with Gasteiger partial charge in [-0.15, -0.1) is 5.10 Å². The van der Waals surface area contributed by atoms with Gasteiger partial charge in [-0.1, -0.05) is 24.3 Å². The molecular formula is C27H32FN7O3. The predicted octanol–water partition coefficient (Wildman–Crippen LogP) is 3.02. The van der Waals surface area contributed by atoms with Gasteiger partial charge in [0.15, 0.2) is 5.82 Å². The number of piperidine rings is 1. The van der Waals surface area contributed by atoms with E-state index >= 15 is 0 Å². The molecule has 0 spiro atoms. The number of tetrazole rings is 1. The highest BCUT2D eigenvalue weighted by Gasteiger charge is 2.37. The van der Waals surface area contributed by atoms with Crippen LogP contribution in [-0.4, -0.2) is 69.4 Å². The van der Waals surface area contributed by atoms with Gasteiger partial charge >= 0.3 is 6.03 Å². The number of nitrogens with one attached hydrogen (secondary N) is 2. The molecule has 2 N–H and O–H groups in total. The molecule has 10 nitrogen and oxygen atoms in total. The van der Waals surface area contributed by atoms with Crippen molar-refractivity contribution < 1.29 is 18.7 Å². The van der Waals surface area contributed by atoms with E-state index in [2.05, 4.69) is 26.2 Å². The number of benzene rings is 2. The van der Waals surface area contributed by atoms with Gasteiger partial charge in [-0.3, -0.25) is 4.79 Å². The van der Waals surface area contributed by atoms with E-state index in [-0.39, 0.29) is 30.4 Å². The lowest BCUT2D eigenvalue weighted by Crippen LogP contribution is -2.54. The van der Waals surface area contributed by atoms with Crippen molar-refractivity contribution in [2.75, 3.05) is 31.6 Å². The number of carbonyl (C=O) groups excluding carboxylic acids is 2. The van der Waals surface area contributed by atoms with Crippen LogP contribution in [0.4, 0.5) is 14.9 Å². The van der Waals surface area contributed by atoms with Crippen LogP contribution in [0.1, 0.15) is 24.8 Å². The zero-order chi connectivity index (χ0) is 26.5. The highest BCUT2D eigenvalue weighted by Crippen LogP contribution is 2.25. The second kappa shape index (κ2) is 11.7. The lowest BCUT2D eigenvalue weighted by atomic mass is 9.89. The Hall–Kier alpha value is -3.86. The molecule has 3 atom stereocenters. The third-order valence-electron chi connectivity index (χ3n) is 7.26. The van der Waals surface area contributed by atoms with Crippen molar-refractivity contribution in [3.8, 4) is 11.4 Å². The molecule has 1 aromatic heterocycles. The molecule has 0 bridgehead atoms. The molecule has 0 radical (unpaired) electrons. The van der Waals surface area contributed by atoms with Crippen LogP contribution in [0, 0.1) is 17.7 Å². The summed E-state index contributed by atoms with van der Waals surface area (Å²) < 4.78 is 20.5. The zero-order valence-electron chi connectivity index (χ0n) is 21.3. The van der Waals surface area contributed by atoms with Gasteiger partial charge in [-0.05, 0) is 71.9 Å². The molecule has 3 aromatic rings. The minimum atomic E-state index is -0.449. The number of nitrogens with zero attached hydrogens (tertiary/aromatic N) is 5. The molecular weight excluding hydrogens is 489 g/mol. The second-order valence-electron chi connectivity index (χ2n) is 10.0. The summed E-state index contributed by atoms with van der Waals surface area (Å²) in [6.45, 7) is 2.10. The molecule has 3 heterocycles. The van der Waals surface area contributed by atoms with Crippen LogP contribution >= 0.6 is 0 Å². The third-order valence-corrected chi connectivity index (χ3v) is 7.26. The first-order valence-corrected chi connectivity index (χ1v) is 13.0. The van der Waals surface area contributed by atoms with E-state index in [9.17, 15) is 14.0 Å². The van der Waals surface area contributed by atoms with Crippen LogP contribution in [0.2, 0.25) is 0 Å². The first-order chi connectivity index (χ1) is 18.5. The predicted molar refractivity (Wildman–Crippen MR) is 139 cm³/mol. The van der Waals surface area contributed by atoms with Crippen LogP contribution in [0.5, 0.6) is 0 Å². The van der Waals surface area contributed by atoms with E-state index in [0.717, 1.165) is 30.4 Å². The Kier molecular flexibility index (Phi) is 7.92. The highest BCUT2D eigenvalue weighted by molar-refractivity contribution is 5.91. The number of urea groups is 1. The maximum Gasteiger partial charge on any atom is 0.319 e. The molecule has 38 heavy (non-hydrogen) atoms. The molecule has 11 heteroatoms. The Balaban J connectivity index is 1.19. The number of likely N-dealkylation sites (tertiary alicyclic amines) is 1. The lowest BCUT2D eigenvalue weighted by Gasteiger charge is -2.38. The van der Waals surface area contributed by atoms with Crippen molar-refractivity contribution in [3.63, 3.8) is 0 Å². The summed E-state index contributed by atoms with van der Waals surface area (Å²) in [5, 5.41) is 17.4. The first-order valence-electron chi connectivity index (χ1n) is 13.0. The Morgan fingerprint density at radius 1 is 1.16 bits per heavy atom. The second-order valence-corrected chi connectivity index (χ2v) is 10.0. The van der Waals surface area contributed by atoms with Gasteiger partial charge < -0.3 is 20.3 Å². The molecule has 2 saturated heterocycles. The van der Waals surface area contributed by atoms with Crippen molar-refractivity contribution in [3.05, 3.63) is 59.9 Å². The minimum absolute atomic E-state index is 0.00980. The van der Waals surface area contributed by atoms with Gasteiger partial charge in [0.05, 0.1) is 12.5 Å². The monoisotopic (exact) mass is 521 g/mol. The third kappa shape index (κ3) is 6.16. The van der Waals surface area contributed by atoms with Crippen molar-refractivity contribution >= 4 is 17.6 Å². The van der Waals surface area contributed by atoms with Crippen molar-refractivity contribution in [2.45, 2.75) is 31.7 Å². The summed E-state index contributed by atoms with van der Waals surface area (Å²) in [5.41, 5.74) is 2.44. The van der Waals surface area contributed by atoms with Gasteiger partial charge in [-0.2, -0.15) is 0 Å². The van der Waals surface area contributed by atoms with E-state index in [1.807, 2.05) is 29.2 Å². The van der Waals surface area contributed by atoms with Crippen LogP contribution in [0.3, 0.4) is 0 Å². The van der Waals surface area contributed by atoms with E-state index in [1.54, 1.807) is 23.9 Å². The van der Waals surface area contributed by atoms with Crippen LogP contribution in [0.25, 0.3) is 11.4 Å². The van der Waals surface area contributed by atoms with Gasteiger partial charge in [0.25, 0.3) is 0 Å². The van der Waals surface area contributed by atoms with E-state index in [4.69, 9.17) is 4.74 Å². The smallest absolute Gasteiger partial charge is 0.319 e. The normalized spacial score (nSPS) is 21.6. The number of carbonyl (C=O) groups is 2. The number of hydrogen-bond acceptors (Lipinski definition) is 6. The van der Waals surface area contributed by atoms with Crippen molar-refractivity contribution in [2.24, 2.45) is 18.9 Å². The molecule has 2 aromatic carbocycles. The number of rotatable bonds is 6. The Morgan fingerprint density at radius 3 is 2.79 bits per heavy atom. The van der Waals surface area contributed by atoms with Crippen LogP contribution in [0.15, 0.2) is 48.5 Å². The molecule has 0 aliphatic carbocycles. The fraction of sp³-hybridized carbons (Fsp3) is 0.444. The molecule has 3 amide bonds. The highest BCUT2D eigenvalue weighted by atomic mass is 19.1. The van der Waals surface area contributed by atoms with Crippen molar-refractivity contribution in [1.82, 2.24) is 30.4 Å². The summed E-state index contributed by atoms with van der Waals surface area (Å²) >= 11 is 0. The average Bonchev–Trinajstić information content (AvgIpc) is 3.36. The lowest BCUT2D eigenvalue weighted by molar-refractivity contribution is -0.142. The van der Waals surface area contributed by atoms with Gasteiger partial charge in [0.1, 0.15) is 5.82 Å². The summed E-state index contributed by atoms with van der Waals surface area (Å²) in [5.74, 6) is 0.215. The molecule has 200 valence electrons. The average molecular weight is 522 g/mol. The van der Waals surface area contributed by atoms with E-state index in [0.29, 0.717) is 43.5 Å². The molecule has 5 rings (SSSR count). The van der Waals surface area contributed by atoms with Gasteiger partial charge in [0.2, 0.25) is 5.91 Å². The zero-order valence-corrected chi connectivity index (χ0v) is 21.3. The topological polar surface area (TPSA) is 114 Å². The fourth-order valence-electron chi connectivity index (χ4n) is 5.32. The Labute approximate surface area is 220 Å². The number of amides is 3. The summed E-state index contributed by atoms with van der Waals surface area (Å²) in [4.78, 5) is 28.4. The number of aromatic nitrogens is 4. The van der Waals surface area contributed by atoms with Crippen LogP contribution < -0.4 is 10.6 Å². The molecule has 0 saturated carbocycles. The molecule has 2 aliphatic rings. The van der Waals surface area contributed by atoms with Crippen molar-refractivity contribution in [1.29, 1.82) is 0 Å². The summed E-state index contributed by atoms with van der Waals surface area (Å²) in [7, 11) is 1.75.